The van der Waals surface area contributed by atoms with Crippen LogP contribution in [0.5, 0.6) is 0 Å². The zero-order valence-corrected chi connectivity index (χ0v) is 6.49. The van der Waals surface area contributed by atoms with Crippen LogP contribution in [0.1, 0.15) is 11.3 Å². The van der Waals surface area contributed by atoms with Gasteiger partial charge >= 0.3 is 0 Å². The Kier molecular flexibility index (Phi) is 3.27. The molecule has 0 spiro atoms. The van der Waals surface area contributed by atoms with E-state index in [0.717, 1.165) is 5.56 Å². The Labute approximate surface area is 70.7 Å². The van der Waals surface area contributed by atoms with Crippen molar-refractivity contribution in [1.29, 1.82) is 0 Å². The number of rotatable bonds is 1. The van der Waals surface area contributed by atoms with Gasteiger partial charge in [0.15, 0.2) is 0 Å². The zero-order chi connectivity index (χ0) is 8.81. The lowest BCUT2D eigenvalue weighted by molar-refractivity contribution is 0.281. The molecular formula is C9H9NO2. The molecule has 62 valence electrons. The fraction of sp³-hybridized carbons (Fsp3) is 0.222. The van der Waals surface area contributed by atoms with Crippen LogP contribution in [0.4, 0.5) is 0 Å². The first-order chi connectivity index (χ1) is 5.86. The van der Waals surface area contributed by atoms with E-state index in [2.05, 4.69) is 16.8 Å². The number of aliphatic hydroxyl groups excluding tert-OH is 2. The van der Waals surface area contributed by atoms with Crippen molar-refractivity contribution in [3.8, 4) is 11.8 Å². The Morgan fingerprint density at radius 3 is 2.67 bits per heavy atom. The lowest BCUT2D eigenvalue weighted by atomic mass is 10.2. The van der Waals surface area contributed by atoms with E-state index in [1.165, 1.54) is 0 Å². The number of aliphatic hydroxyl groups is 2. The van der Waals surface area contributed by atoms with Crippen LogP contribution in [0.15, 0.2) is 18.3 Å². The van der Waals surface area contributed by atoms with Gasteiger partial charge in [0.25, 0.3) is 0 Å². The van der Waals surface area contributed by atoms with E-state index in [1.54, 1.807) is 18.3 Å². The summed E-state index contributed by atoms with van der Waals surface area (Å²) in [6.07, 6.45) is 1.56. The maximum atomic E-state index is 8.69. The Bertz CT molecular complexity index is 295. The lowest BCUT2D eigenvalue weighted by Crippen LogP contribution is -1.87. The van der Waals surface area contributed by atoms with Crippen molar-refractivity contribution in [3.05, 3.63) is 29.6 Å². The first kappa shape index (κ1) is 8.72. The largest absolute Gasteiger partial charge is 0.392 e. The summed E-state index contributed by atoms with van der Waals surface area (Å²) >= 11 is 0. The molecule has 0 atom stereocenters. The van der Waals surface area contributed by atoms with Crippen LogP contribution < -0.4 is 0 Å². The van der Waals surface area contributed by atoms with E-state index in [-0.39, 0.29) is 13.2 Å². The Balaban J connectivity index is 2.78. The number of hydrogen-bond donors (Lipinski definition) is 2. The number of hydrogen-bond acceptors (Lipinski definition) is 3. The molecule has 1 aromatic heterocycles. The van der Waals surface area contributed by atoms with Crippen LogP contribution in [0.2, 0.25) is 0 Å². The summed E-state index contributed by atoms with van der Waals surface area (Å²) in [5.74, 6) is 5.14. The van der Waals surface area contributed by atoms with Gasteiger partial charge in [-0.15, -0.1) is 0 Å². The molecule has 0 aliphatic heterocycles. The summed E-state index contributed by atoms with van der Waals surface area (Å²) in [7, 11) is 0. The third-order valence-electron chi connectivity index (χ3n) is 1.30. The van der Waals surface area contributed by atoms with Crippen LogP contribution in [0, 0.1) is 11.8 Å². The van der Waals surface area contributed by atoms with Crippen molar-refractivity contribution in [3.63, 3.8) is 0 Å². The van der Waals surface area contributed by atoms with Crippen LogP contribution in [-0.2, 0) is 6.61 Å². The Morgan fingerprint density at radius 2 is 2.17 bits per heavy atom. The maximum Gasteiger partial charge on any atom is 0.113 e. The molecule has 1 aromatic rings. The third-order valence-corrected chi connectivity index (χ3v) is 1.30. The second kappa shape index (κ2) is 4.50. The number of aromatic nitrogens is 1. The molecule has 1 heterocycles. The quantitative estimate of drug-likeness (QED) is 0.569. The van der Waals surface area contributed by atoms with Gasteiger partial charge in [0.2, 0.25) is 0 Å². The molecule has 3 heteroatoms. The predicted octanol–water partition coefficient (Wildman–Crippen LogP) is -0.0823. The van der Waals surface area contributed by atoms with Gasteiger partial charge in [0, 0.05) is 6.20 Å². The minimum Gasteiger partial charge on any atom is -0.392 e. The maximum absolute atomic E-state index is 8.69. The van der Waals surface area contributed by atoms with Gasteiger partial charge in [0.05, 0.1) is 6.61 Å². The van der Waals surface area contributed by atoms with Crippen LogP contribution >= 0.6 is 0 Å². The lowest BCUT2D eigenvalue weighted by Gasteiger charge is -1.93. The average Bonchev–Trinajstić information content (AvgIpc) is 2.15. The van der Waals surface area contributed by atoms with Gasteiger partial charge in [-0.2, -0.15) is 0 Å². The second-order valence-corrected chi connectivity index (χ2v) is 2.17. The summed E-state index contributed by atoms with van der Waals surface area (Å²) in [6, 6.07) is 3.45. The Morgan fingerprint density at radius 1 is 1.33 bits per heavy atom. The summed E-state index contributed by atoms with van der Waals surface area (Å²) in [5.41, 5.74) is 1.35. The summed E-state index contributed by atoms with van der Waals surface area (Å²) < 4.78 is 0. The highest BCUT2D eigenvalue weighted by Crippen LogP contribution is 1.97. The molecule has 1 rings (SSSR count). The molecule has 0 aromatic carbocycles. The number of nitrogens with zero attached hydrogens (tertiary/aromatic N) is 1. The fourth-order valence-corrected chi connectivity index (χ4v) is 0.722. The van der Waals surface area contributed by atoms with E-state index in [9.17, 15) is 0 Å². The van der Waals surface area contributed by atoms with Crippen LogP contribution in [0.3, 0.4) is 0 Å². The smallest absolute Gasteiger partial charge is 0.113 e. The standard InChI is InChI=1S/C9H9NO2/c11-5-1-2-9-4-3-8(7-12)6-10-9/h3-4,6,11-12H,5,7H2. The first-order valence-corrected chi connectivity index (χ1v) is 3.52. The average molecular weight is 163 g/mol. The molecule has 0 saturated heterocycles. The molecule has 0 fully saturated rings. The van der Waals surface area contributed by atoms with E-state index in [1.807, 2.05) is 0 Å². The molecule has 0 aliphatic rings. The van der Waals surface area contributed by atoms with Crippen molar-refractivity contribution < 1.29 is 10.2 Å². The molecular weight excluding hydrogens is 154 g/mol. The van der Waals surface area contributed by atoms with Crippen molar-refractivity contribution >= 4 is 0 Å². The highest BCUT2D eigenvalue weighted by atomic mass is 16.3. The van der Waals surface area contributed by atoms with Gasteiger partial charge in [-0.25, -0.2) is 4.98 Å². The summed E-state index contributed by atoms with van der Waals surface area (Å²) in [5, 5.41) is 17.1. The normalized spacial score (nSPS) is 8.83. The van der Waals surface area contributed by atoms with E-state index in [4.69, 9.17) is 10.2 Å². The predicted molar refractivity (Wildman–Crippen MR) is 44.1 cm³/mol. The van der Waals surface area contributed by atoms with Crippen LogP contribution in [-0.4, -0.2) is 21.8 Å². The molecule has 0 unspecified atom stereocenters. The summed E-state index contributed by atoms with van der Waals surface area (Å²) in [6.45, 7) is -0.176. The van der Waals surface area contributed by atoms with E-state index >= 15 is 0 Å². The second-order valence-electron chi connectivity index (χ2n) is 2.17. The van der Waals surface area contributed by atoms with Gasteiger partial charge in [-0.3, -0.25) is 0 Å². The van der Waals surface area contributed by atoms with Crippen molar-refractivity contribution in [1.82, 2.24) is 4.98 Å². The van der Waals surface area contributed by atoms with Crippen molar-refractivity contribution in [2.45, 2.75) is 6.61 Å². The van der Waals surface area contributed by atoms with Crippen molar-refractivity contribution in [2.75, 3.05) is 6.61 Å². The number of pyridine rings is 1. The molecule has 12 heavy (non-hydrogen) atoms. The molecule has 0 saturated carbocycles. The minimum absolute atomic E-state index is 0.0132. The van der Waals surface area contributed by atoms with E-state index in [0.29, 0.717) is 5.69 Å². The fourth-order valence-electron chi connectivity index (χ4n) is 0.722. The topological polar surface area (TPSA) is 53.4 Å². The van der Waals surface area contributed by atoms with Gasteiger partial charge < -0.3 is 10.2 Å². The van der Waals surface area contributed by atoms with Crippen molar-refractivity contribution in [2.24, 2.45) is 0 Å². The third kappa shape index (κ3) is 2.35. The van der Waals surface area contributed by atoms with Gasteiger partial charge in [-0.1, -0.05) is 12.0 Å². The molecule has 0 aliphatic carbocycles. The molecule has 3 nitrogen and oxygen atoms in total. The van der Waals surface area contributed by atoms with E-state index < -0.39 is 0 Å². The molecule has 0 bridgehead atoms. The monoisotopic (exact) mass is 163 g/mol. The molecule has 0 amide bonds. The highest BCUT2D eigenvalue weighted by Gasteiger charge is 1.89. The molecule has 0 radical (unpaired) electrons. The minimum atomic E-state index is -0.163. The summed E-state index contributed by atoms with van der Waals surface area (Å²) in [4.78, 5) is 3.94. The molecule has 2 N–H and O–H groups in total. The van der Waals surface area contributed by atoms with Gasteiger partial charge in [0.1, 0.15) is 12.3 Å². The highest BCUT2D eigenvalue weighted by molar-refractivity contribution is 5.28. The van der Waals surface area contributed by atoms with Gasteiger partial charge in [-0.05, 0) is 17.6 Å². The Hall–Kier alpha value is -1.37. The first-order valence-electron chi connectivity index (χ1n) is 3.52. The SMILES string of the molecule is OCC#Cc1ccc(CO)cn1. The zero-order valence-electron chi connectivity index (χ0n) is 6.49. The van der Waals surface area contributed by atoms with Crippen LogP contribution in [0.25, 0.3) is 0 Å².